The Bertz CT molecular complexity index is 282. The molecule has 1 atom stereocenters. The number of thiophene rings is 1. The van der Waals surface area contributed by atoms with Crippen molar-refractivity contribution in [2.75, 3.05) is 13.6 Å². The Hall–Kier alpha value is -0.380. The summed E-state index contributed by atoms with van der Waals surface area (Å²) in [6.07, 6.45) is 2.52. The van der Waals surface area contributed by atoms with Crippen LogP contribution in [-0.4, -0.2) is 30.6 Å². The second kappa shape index (κ2) is 7.85. The van der Waals surface area contributed by atoms with Crippen LogP contribution in [0.1, 0.15) is 38.5 Å². The number of nitrogens with zero attached hydrogens (tertiary/aromatic N) is 1. The summed E-state index contributed by atoms with van der Waals surface area (Å²) in [5, 5.41) is 5.39. The van der Waals surface area contributed by atoms with Gasteiger partial charge in [0.05, 0.1) is 0 Å². The van der Waals surface area contributed by atoms with Crippen molar-refractivity contribution in [3.05, 3.63) is 22.4 Å². The Morgan fingerprint density at radius 2 is 2.12 bits per heavy atom. The minimum absolute atomic E-state index is 0.613. The molecule has 1 unspecified atom stereocenters. The molecule has 1 aromatic rings. The SMILES string of the molecule is CNCCCC(C)N(Cc1cccs1)C(C)C. The summed E-state index contributed by atoms with van der Waals surface area (Å²) in [6.45, 7) is 9.15. The van der Waals surface area contributed by atoms with Crippen molar-refractivity contribution < 1.29 is 0 Å². The quantitative estimate of drug-likeness (QED) is 0.716. The second-order valence-electron chi connectivity index (χ2n) is 4.94. The van der Waals surface area contributed by atoms with E-state index in [9.17, 15) is 0 Å². The van der Waals surface area contributed by atoms with Crippen LogP contribution in [-0.2, 0) is 6.54 Å². The minimum atomic E-state index is 0.613. The van der Waals surface area contributed by atoms with Crippen LogP contribution in [0, 0.1) is 0 Å². The van der Waals surface area contributed by atoms with Gasteiger partial charge in [0.1, 0.15) is 0 Å². The van der Waals surface area contributed by atoms with Crippen LogP contribution in [0.5, 0.6) is 0 Å². The molecule has 0 saturated heterocycles. The molecular formula is C14H26N2S. The van der Waals surface area contributed by atoms with Gasteiger partial charge in [0, 0.05) is 23.5 Å². The normalized spacial score (nSPS) is 13.5. The fourth-order valence-electron chi connectivity index (χ4n) is 2.17. The summed E-state index contributed by atoms with van der Waals surface area (Å²) in [4.78, 5) is 4.07. The molecular weight excluding hydrogens is 228 g/mol. The van der Waals surface area contributed by atoms with Crippen molar-refractivity contribution in [1.82, 2.24) is 10.2 Å². The molecule has 0 amide bonds. The van der Waals surface area contributed by atoms with E-state index in [0.29, 0.717) is 12.1 Å². The van der Waals surface area contributed by atoms with Gasteiger partial charge in [0.15, 0.2) is 0 Å². The summed E-state index contributed by atoms with van der Waals surface area (Å²) in [5.74, 6) is 0. The molecule has 1 aromatic heterocycles. The minimum Gasteiger partial charge on any atom is -0.320 e. The summed E-state index contributed by atoms with van der Waals surface area (Å²) in [5.41, 5.74) is 0. The number of hydrogen-bond donors (Lipinski definition) is 1. The van der Waals surface area contributed by atoms with Crippen molar-refractivity contribution in [2.45, 2.75) is 52.2 Å². The Morgan fingerprint density at radius 1 is 1.35 bits per heavy atom. The van der Waals surface area contributed by atoms with E-state index in [1.807, 2.05) is 18.4 Å². The largest absolute Gasteiger partial charge is 0.320 e. The first kappa shape index (κ1) is 14.7. The third kappa shape index (κ3) is 5.19. The van der Waals surface area contributed by atoms with E-state index in [0.717, 1.165) is 13.1 Å². The molecule has 2 nitrogen and oxygen atoms in total. The van der Waals surface area contributed by atoms with Gasteiger partial charge < -0.3 is 5.32 Å². The Morgan fingerprint density at radius 3 is 2.65 bits per heavy atom. The van der Waals surface area contributed by atoms with E-state index in [1.165, 1.54) is 17.7 Å². The number of rotatable bonds is 8. The van der Waals surface area contributed by atoms with Crippen LogP contribution in [0.4, 0.5) is 0 Å². The highest BCUT2D eigenvalue weighted by Crippen LogP contribution is 2.18. The fourth-order valence-corrected chi connectivity index (χ4v) is 2.88. The summed E-state index contributed by atoms with van der Waals surface area (Å²) in [6, 6.07) is 5.65. The van der Waals surface area contributed by atoms with Gasteiger partial charge in [0.2, 0.25) is 0 Å². The van der Waals surface area contributed by atoms with Crippen LogP contribution in [0.25, 0.3) is 0 Å². The molecule has 0 fully saturated rings. The highest BCUT2D eigenvalue weighted by molar-refractivity contribution is 7.09. The first-order valence-electron chi connectivity index (χ1n) is 6.58. The van der Waals surface area contributed by atoms with Gasteiger partial charge in [-0.1, -0.05) is 6.07 Å². The lowest BCUT2D eigenvalue weighted by Crippen LogP contribution is -2.38. The van der Waals surface area contributed by atoms with Gasteiger partial charge in [-0.2, -0.15) is 0 Å². The highest BCUT2D eigenvalue weighted by atomic mass is 32.1. The van der Waals surface area contributed by atoms with Crippen LogP contribution in [0.3, 0.4) is 0 Å². The summed E-state index contributed by atoms with van der Waals surface area (Å²) in [7, 11) is 2.02. The Kier molecular flexibility index (Phi) is 6.78. The van der Waals surface area contributed by atoms with Crippen molar-refractivity contribution in [1.29, 1.82) is 0 Å². The van der Waals surface area contributed by atoms with Gasteiger partial charge in [-0.05, 0) is 58.7 Å². The molecule has 1 rings (SSSR count). The standard InChI is InChI=1S/C14H26N2S/c1-12(2)16(11-14-8-6-10-17-14)13(3)7-5-9-15-4/h6,8,10,12-13,15H,5,7,9,11H2,1-4H3. The number of nitrogens with one attached hydrogen (secondary N) is 1. The summed E-state index contributed by atoms with van der Waals surface area (Å²) < 4.78 is 0. The topological polar surface area (TPSA) is 15.3 Å². The van der Waals surface area contributed by atoms with E-state index in [-0.39, 0.29) is 0 Å². The lowest BCUT2D eigenvalue weighted by Gasteiger charge is -2.32. The zero-order chi connectivity index (χ0) is 12.7. The van der Waals surface area contributed by atoms with Crippen molar-refractivity contribution in [2.24, 2.45) is 0 Å². The zero-order valence-electron chi connectivity index (χ0n) is 11.6. The van der Waals surface area contributed by atoms with Crippen molar-refractivity contribution >= 4 is 11.3 Å². The fraction of sp³-hybridized carbons (Fsp3) is 0.714. The predicted molar refractivity (Wildman–Crippen MR) is 77.6 cm³/mol. The second-order valence-corrected chi connectivity index (χ2v) is 5.97. The van der Waals surface area contributed by atoms with Gasteiger partial charge in [-0.25, -0.2) is 0 Å². The molecule has 0 spiro atoms. The van der Waals surface area contributed by atoms with Gasteiger partial charge in [-0.3, -0.25) is 4.90 Å². The maximum Gasteiger partial charge on any atom is 0.0333 e. The van der Waals surface area contributed by atoms with Crippen LogP contribution < -0.4 is 5.32 Å². The maximum atomic E-state index is 3.22. The molecule has 0 aromatic carbocycles. The Labute approximate surface area is 110 Å². The molecule has 0 aliphatic rings. The lowest BCUT2D eigenvalue weighted by atomic mass is 10.1. The van der Waals surface area contributed by atoms with Crippen molar-refractivity contribution in [3.63, 3.8) is 0 Å². The molecule has 3 heteroatoms. The van der Waals surface area contributed by atoms with Gasteiger partial charge >= 0.3 is 0 Å². The molecule has 1 heterocycles. The first-order valence-corrected chi connectivity index (χ1v) is 7.45. The van der Waals surface area contributed by atoms with Crippen LogP contribution in [0.2, 0.25) is 0 Å². The zero-order valence-corrected chi connectivity index (χ0v) is 12.4. The van der Waals surface area contributed by atoms with E-state index in [4.69, 9.17) is 0 Å². The monoisotopic (exact) mass is 254 g/mol. The lowest BCUT2D eigenvalue weighted by molar-refractivity contribution is 0.147. The third-order valence-corrected chi connectivity index (χ3v) is 4.06. The average Bonchev–Trinajstić information content (AvgIpc) is 2.78. The van der Waals surface area contributed by atoms with Gasteiger partial charge in [-0.15, -0.1) is 11.3 Å². The van der Waals surface area contributed by atoms with E-state index in [2.05, 4.69) is 48.5 Å². The molecule has 0 saturated carbocycles. The predicted octanol–water partition coefficient (Wildman–Crippen LogP) is 3.35. The molecule has 98 valence electrons. The molecule has 0 radical (unpaired) electrons. The van der Waals surface area contributed by atoms with E-state index < -0.39 is 0 Å². The van der Waals surface area contributed by atoms with Crippen molar-refractivity contribution in [3.8, 4) is 0 Å². The Balaban J connectivity index is 2.47. The smallest absolute Gasteiger partial charge is 0.0333 e. The first-order chi connectivity index (χ1) is 8.15. The van der Waals surface area contributed by atoms with Gasteiger partial charge in [0.25, 0.3) is 0 Å². The van der Waals surface area contributed by atoms with E-state index in [1.54, 1.807) is 0 Å². The molecule has 1 N–H and O–H groups in total. The molecule has 17 heavy (non-hydrogen) atoms. The molecule has 0 bridgehead atoms. The van der Waals surface area contributed by atoms with E-state index >= 15 is 0 Å². The third-order valence-electron chi connectivity index (χ3n) is 3.20. The van der Waals surface area contributed by atoms with Crippen LogP contribution in [0.15, 0.2) is 17.5 Å². The van der Waals surface area contributed by atoms with Crippen LogP contribution >= 0.6 is 11.3 Å². The number of hydrogen-bond acceptors (Lipinski definition) is 3. The average molecular weight is 254 g/mol. The summed E-state index contributed by atoms with van der Waals surface area (Å²) >= 11 is 1.86. The maximum absolute atomic E-state index is 3.22. The molecule has 0 aliphatic carbocycles. The highest BCUT2D eigenvalue weighted by Gasteiger charge is 2.17. The molecule has 0 aliphatic heterocycles.